The summed E-state index contributed by atoms with van der Waals surface area (Å²) < 4.78 is 8.51. The van der Waals surface area contributed by atoms with E-state index in [0.29, 0.717) is 12.3 Å². The van der Waals surface area contributed by atoms with Crippen molar-refractivity contribution < 1.29 is 4.42 Å². The summed E-state index contributed by atoms with van der Waals surface area (Å²) in [6.07, 6.45) is 4.15. The third-order valence-electron chi connectivity index (χ3n) is 3.23. The highest BCUT2D eigenvalue weighted by Crippen LogP contribution is 2.27. The van der Waals surface area contributed by atoms with Gasteiger partial charge in [-0.25, -0.2) is 9.97 Å². The van der Waals surface area contributed by atoms with Crippen LogP contribution >= 0.6 is 27.5 Å². The van der Waals surface area contributed by atoms with Gasteiger partial charge in [-0.05, 0) is 41.1 Å². The first-order chi connectivity index (χ1) is 9.70. The second kappa shape index (κ2) is 5.58. The Hall–Kier alpha value is -1.33. The second-order valence-corrected chi connectivity index (χ2v) is 5.82. The topological polar surface area (TPSA) is 43.9 Å². The lowest BCUT2D eigenvalue weighted by atomic mass is 10.2. The molecule has 1 atom stereocenters. The zero-order chi connectivity index (χ0) is 14.1. The minimum Gasteiger partial charge on any atom is -0.467 e. The Balaban J connectivity index is 2.18. The summed E-state index contributed by atoms with van der Waals surface area (Å²) in [5, 5.41) is 0. The molecule has 6 heteroatoms. The Kier molecular flexibility index (Phi) is 3.81. The average molecular weight is 355 g/mol. The van der Waals surface area contributed by atoms with Gasteiger partial charge < -0.3 is 8.98 Å². The molecular weight excluding hydrogens is 342 g/mol. The van der Waals surface area contributed by atoms with Crippen LogP contribution in [-0.4, -0.2) is 20.4 Å². The number of hydrogen-bond donors (Lipinski definition) is 0. The van der Waals surface area contributed by atoms with Crippen LogP contribution in [0.25, 0.3) is 11.2 Å². The third kappa shape index (κ3) is 2.36. The molecule has 104 valence electrons. The van der Waals surface area contributed by atoms with Gasteiger partial charge in [-0.2, -0.15) is 0 Å². The number of halogens is 2. The number of rotatable bonds is 4. The molecule has 0 saturated heterocycles. The van der Waals surface area contributed by atoms with E-state index in [9.17, 15) is 0 Å². The molecule has 0 spiro atoms. The van der Waals surface area contributed by atoms with Gasteiger partial charge in [0.05, 0.1) is 12.3 Å². The third-order valence-corrected chi connectivity index (χ3v) is 3.85. The Morgan fingerprint density at radius 2 is 2.35 bits per heavy atom. The summed E-state index contributed by atoms with van der Waals surface area (Å²) >= 11 is 9.31. The van der Waals surface area contributed by atoms with Crippen molar-refractivity contribution in [2.75, 3.05) is 5.88 Å². The molecule has 0 saturated carbocycles. The maximum atomic E-state index is 5.89. The predicted molar refractivity (Wildman–Crippen MR) is 82.2 cm³/mol. The molecule has 0 bridgehead atoms. The van der Waals surface area contributed by atoms with Crippen molar-refractivity contribution in [1.82, 2.24) is 14.5 Å². The fourth-order valence-corrected chi connectivity index (χ4v) is 2.82. The molecule has 0 aliphatic rings. The van der Waals surface area contributed by atoms with Gasteiger partial charge in [0, 0.05) is 23.0 Å². The number of hydrogen-bond acceptors (Lipinski definition) is 3. The molecule has 3 aromatic heterocycles. The molecule has 0 amide bonds. The molecular formula is C14H13BrClN3O. The van der Waals surface area contributed by atoms with Crippen molar-refractivity contribution in [2.24, 2.45) is 0 Å². The number of alkyl halides is 1. The molecule has 0 radical (unpaired) electrons. The van der Waals surface area contributed by atoms with Gasteiger partial charge in [-0.3, -0.25) is 0 Å². The van der Waals surface area contributed by atoms with Crippen molar-refractivity contribution in [3.8, 4) is 0 Å². The van der Waals surface area contributed by atoms with Gasteiger partial charge in [-0.15, -0.1) is 11.6 Å². The fraction of sp³-hybridized carbons (Fsp3) is 0.286. The number of aromatic nitrogens is 3. The van der Waals surface area contributed by atoms with E-state index in [0.717, 1.165) is 27.2 Å². The maximum Gasteiger partial charge on any atom is 0.160 e. The van der Waals surface area contributed by atoms with Crippen molar-refractivity contribution in [2.45, 2.75) is 19.4 Å². The molecule has 20 heavy (non-hydrogen) atoms. The first-order valence-electron chi connectivity index (χ1n) is 6.32. The Bertz CT molecular complexity index is 723. The quantitative estimate of drug-likeness (QED) is 0.660. The lowest BCUT2D eigenvalue weighted by Gasteiger charge is -2.14. The van der Waals surface area contributed by atoms with Crippen LogP contribution in [0.1, 0.15) is 24.6 Å². The molecule has 3 heterocycles. The molecule has 3 rings (SSSR count). The van der Waals surface area contributed by atoms with Gasteiger partial charge in [0.25, 0.3) is 0 Å². The summed E-state index contributed by atoms with van der Waals surface area (Å²) in [7, 11) is 0. The summed E-state index contributed by atoms with van der Waals surface area (Å²) in [6.45, 7) is 2.07. The fourth-order valence-electron chi connectivity index (χ4n) is 2.33. The van der Waals surface area contributed by atoms with E-state index in [1.165, 1.54) is 0 Å². The van der Waals surface area contributed by atoms with E-state index in [4.69, 9.17) is 16.0 Å². The number of aryl methyl sites for hydroxylation is 1. The molecule has 1 unspecified atom stereocenters. The molecule has 4 nitrogen and oxygen atoms in total. The van der Waals surface area contributed by atoms with Gasteiger partial charge in [0.15, 0.2) is 5.65 Å². The highest BCUT2D eigenvalue weighted by molar-refractivity contribution is 9.10. The smallest absolute Gasteiger partial charge is 0.160 e. The number of imidazole rings is 1. The largest absolute Gasteiger partial charge is 0.467 e. The minimum absolute atomic E-state index is 0.0295. The van der Waals surface area contributed by atoms with Crippen LogP contribution in [0.4, 0.5) is 0 Å². The molecule has 0 aromatic carbocycles. The monoisotopic (exact) mass is 353 g/mol. The highest BCUT2D eigenvalue weighted by Gasteiger charge is 2.19. The number of fused-ring (bicyclic) bond motifs is 1. The first-order valence-corrected chi connectivity index (χ1v) is 7.65. The van der Waals surface area contributed by atoms with Crippen LogP contribution in [0.15, 0.2) is 39.5 Å². The highest BCUT2D eigenvalue weighted by atomic mass is 79.9. The Morgan fingerprint density at radius 1 is 1.50 bits per heavy atom. The summed E-state index contributed by atoms with van der Waals surface area (Å²) in [6, 6.07) is 5.84. The molecule has 0 fully saturated rings. The normalized spacial score (nSPS) is 12.9. The Morgan fingerprint density at radius 3 is 3.05 bits per heavy atom. The number of nitrogens with zero attached hydrogens (tertiary/aromatic N) is 3. The van der Waals surface area contributed by atoms with Crippen molar-refractivity contribution in [3.63, 3.8) is 0 Å². The standard InChI is InChI=1S/C14H13BrClN3O/c1-9(12-3-2-6-20-12)19-13(4-5-16)18-11-7-10(15)8-17-14(11)19/h2-3,6-9H,4-5H2,1H3. The van der Waals surface area contributed by atoms with Gasteiger partial charge in [-0.1, -0.05) is 0 Å². The van der Waals surface area contributed by atoms with Crippen LogP contribution in [0.2, 0.25) is 0 Å². The van der Waals surface area contributed by atoms with Crippen molar-refractivity contribution in [1.29, 1.82) is 0 Å². The molecule has 3 aromatic rings. The summed E-state index contributed by atoms with van der Waals surface area (Å²) in [5.74, 6) is 2.32. The van der Waals surface area contributed by atoms with Crippen LogP contribution in [0.5, 0.6) is 0 Å². The van der Waals surface area contributed by atoms with Crippen molar-refractivity contribution in [3.05, 3.63) is 46.7 Å². The van der Waals surface area contributed by atoms with E-state index in [-0.39, 0.29) is 6.04 Å². The van der Waals surface area contributed by atoms with Gasteiger partial charge in [0.1, 0.15) is 17.1 Å². The Labute approximate surface area is 129 Å². The zero-order valence-electron chi connectivity index (χ0n) is 10.9. The van der Waals surface area contributed by atoms with Gasteiger partial charge >= 0.3 is 0 Å². The lowest BCUT2D eigenvalue weighted by Crippen LogP contribution is -2.11. The lowest BCUT2D eigenvalue weighted by molar-refractivity contribution is 0.444. The summed E-state index contributed by atoms with van der Waals surface area (Å²) in [4.78, 5) is 9.12. The molecule has 0 aliphatic carbocycles. The van der Waals surface area contributed by atoms with E-state index < -0.39 is 0 Å². The first kappa shape index (κ1) is 13.6. The van der Waals surface area contributed by atoms with Crippen LogP contribution in [0, 0.1) is 0 Å². The average Bonchev–Trinajstić information content (AvgIpc) is 3.05. The van der Waals surface area contributed by atoms with Gasteiger partial charge in [0.2, 0.25) is 0 Å². The minimum atomic E-state index is 0.0295. The summed E-state index contributed by atoms with van der Waals surface area (Å²) in [5.41, 5.74) is 1.70. The SMILES string of the molecule is CC(c1ccco1)n1c(CCCl)nc2cc(Br)cnc21. The van der Waals surface area contributed by atoms with E-state index >= 15 is 0 Å². The van der Waals surface area contributed by atoms with Crippen LogP contribution in [-0.2, 0) is 6.42 Å². The van der Waals surface area contributed by atoms with Crippen molar-refractivity contribution >= 4 is 38.7 Å². The predicted octanol–water partition coefficient (Wildman–Crippen LogP) is 4.18. The number of pyridine rings is 1. The molecule has 0 aliphatic heterocycles. The van der Waals surface area contributed by atoms with E-state index in [1.807, 2.05) is 18.2 Å². The van der Waals surface area contributed by atoms with Crippen LogP contribution < -0.4 is 0 Å². The van der Waals surface area contributed by atoms with E-state index in [1.54, 1.807) is 12.5 Å². The second-order valence-electron chi connectivity index (χ2n) is 4.52. The maximum absolute atomic E-state index is 5.89. The van der Waals surface area contributed by atoms with E-state index in [2.05, 4.69) is 37.4 Å². The zero-order valence-corrected chi connectivity index (χ0v) is 13.2. The van der Waals surface area contributed by atoms with Crippen LogP contribution in [0.3, 0.4) is 0 Å². The number of furan rings is 1. The molecule has 0 N–H and O–H groups in total.